The Morgan fingerprint density at radius 2 is 2.22 bits per heavy atom. The minimum absolute atomic E-state index is 0.0677. The zero-order valence-corrected chi connectivity index (χ0v) is 13.7. The summed E-state index contributed by atoms with van der Waals surface area (Å²) in [5.74, 6) is -0.691. The number of ether oxygens (including phenoxy) is 1. The first kappa shape index (κ1) is 15.7. The Balaban J connectivity index is 1.72. The van der Waals surface area contributed by atoms with E-state index in [1.807, 2.05) is 18.2 Å². The van der Waals surface area contributed by atoms with Crippen LogP contribution in [0, 0.1) is 0 Å². The van der Waals surface area contributed by atoms with Crippen LogP contribution in [-0.4, -0.2) is 23.5 Å². The van der Waals surface area contributed by atoms with Crippen LogP contribution in [0.15, 0.2) is 29.6 Å². The fourth-order valence-corrected chi connectivity index (χ4v) is 3.53. The molecule has 1 aliphatic rings. The van der Waals surface area contributed by atoms with Crippen molar-refractivity contribution >= 4 is 28.3 Å². The van der Waals surface area contributed by atoms with Crippen molar-refractivity contribution in [2.75, 3.05) is 11.9 Å². The molecule has 0 fully saturated rings. The molecule has 1 heterocycles. The number of anilines is 1. The largest absolute Gasteiger partial charge is 0.461 e. The van der Waals surface area contributed by atoms with Gasteiger partial charge in [0.2, 0.25) is 5.91 Å². The molecule has 6 heteroatoms. The Labute approximate surface area is 138 Å². The molecule has 1 N–H and O–H groups in total. The lowest BCUT2D eigenvalue weighted by Crippen LogP contribution is -2.24. The standard InChI is InChI=1S/C17H18N2O3S/c1-2-22-16(21)14-10-23-17(18-14)19-15(20)13-9-5-7-11-6-3-4-8-12(11)13/h3-4,6,8,10,13H,2,5,7,9H2,1H3,(H,18,19,20). The summed E-state index contributed by atoms with van der Waals surface area (Å²) in [6, 6.07) is 8.07. The lowest BCUT2D eigenvalue weighted by atomic mass is 9.82. The van der Waals surface area contributed by atoms with E-state index >= 15 is 0 Å². The van der Waals surface area contributed by atoms with Gasteiger partial charge >= 0.3 is 5.97 Å². The molecule has 3 rings (SSSR count). The van der Waals surface area contributed by atoms with Gasteiger partial charge in [-0.1, -0.05) is 24.3 Å². The van der Waals surface area contributed by atoms with Gasteiger partial charge in [-0.05, 0) is 37.3 Å². The van der Waals surface area contributed by atoms with E-state index in [1.54, 1.807) is 12.3 Å². The van der Waals surface area contributed by atoms with Gasteiger partial charge in [-0.3, -0.25) is 4.79 Å². The molecule has 0 bridgehead atoms. The summed E-state index contributed by atoms with van der Waals surface area (Å²) >= 11 is 1.23. The molecule has 2 aromatic rings. The summed E-state index contributed by atoms with van der Waals surface area (Å²) in [5, 5.41) is 4.86. The summed E-state index contributed by atoms with van der Waals surface area (Å²) in [6.45, 7) is 2.05. The molecule has 120 valence electrons. The zero-order valence-electron chi connectivity index (χ0n) is 12.9. The van der Waals surface area contributed by atoms with Gasteiger partial charge in [0.05, 0.1) is 12.5 Å². The third-order valence-corrected chi connectivity index (χ3v) is 4.66. The van der Waals surface area contributed by atoms with Gasteiger partial charge in [-0.15, -0.1) is 11.3 Å². The molecule has 0 radical (unpaired) electrons. The highest BCUT2D eigenvalue weighted by molar-refractivity contribution is 7.14. The molecule has 0 spiro atoms. The Hall–Kier alpha value is -2.21. The average molecular weight is 330 g/mol. The van der Waals surface area contributed by atoms with Gasteiger partial charge in [-0.25, -0.2) is 9.78 Å². The predicted molar refractivity (Wildman–Crippen MR) is 88.8 cm³/mol. The number of hydrogen-bond donors (Lipinski definition) is 1. The molecular formula is C17H18N2O3S. The summed E-state index contributed by atoms with van der Waals surface area (Å²) in [7, 11) is 0. The van der Waals surface area contributed by atoms with Gasteiger partial charge in [0.25, 0.3) is 0 Å². The van der Waals surface area contributed by atoms with Crippen LogP contribution in [0.3, 0.4) is 0 Å². The number of amides is 1. The number of fused-ring (bicyclic) bond motifs is 1. The molecule has 1 aromatic carbocycles. The maximum atomic E-state index is 12.6. The van der Waals surface area contributed by atoms with E-state index in [0.29, 0.717) is 11.7 Å². The Morgan fingerprint density at radius 3 is 3.04 bits per heavy atom. The number of nitrogens with one attached hydrogen (secondary N) is 1. The summed E-state index contributed by atoms with van der Waals surface area (Å²) in [5.41, 5.74) is 2.57. The highest BCUT2D eigenvalue weighted by Gasteiger charge is 2.27. The number of aromatic nitrogens is 1. The lowest BCUT2D eigenvalue weighted by Gasteiger charge is -2.24. The van der Waals surface area contributed by atoms with Crippen molar-refractivity contribution in [3.8, 4) is 0 Å². The van der Waals surface area contributed by atoms with Crippen molar-refractivity contribution in [3.05, 3.63) is 46.5 Å². The summed E-state index contributed by atoms with van der Waals surface area (Å²) in [4.78, 5) is 28.3. The molecule has 0 aliphatic heterocycles. The van der Waals surface area contributed by atoms with E-state index in [9.17, 15) is 9.59 Å². The fourth-order valence-electron chi connectivity index (χ4n) is 2.85. The second-order valence-corrected chi connectivity index (χ2v) is 6.25. The van der Waals surface area contributed by atoms with Crippen LogP contribution in [-0.2, 0) is 16.0 Å². The fraction of sp³-hybridized carbons (Fsp3) is 0.353. The number of thiazole rings is 1. The maximum absolute atomic E-state index is 12.6. The molecule has 1 atom stereocenters. The van der Waals surface area contributed by atoms with Crippen molar-refractivity contribution in [1.82, 2.24) is 4.98 Å². The summed E-state index contributed by atoms with van der Waals surface area (Å²) in [6.07, 6.45) is 2.85. The van der Waals surface area contributed by atoms with Crippen LogP contribution in [0.4, 0.5) is 5.13 Å². The highest BCUT2D eigenvalue weighted by atomic mass is 32.1. The first-order valence-electron chi connectivity index (χ1n) is 7.70. The first-order chi connectivity index (χ1) is 11.2. The smallest absolute Gasteiger partial charge is 0.357 e. The molecule has 0 saturated carbocycles. The van der Waals surface area contributed by atoms with Gasteiger partial charge in [0, 0.05) is 5.38 Å². The normalized spacial score (nSPS) is 16.5. The lowest BCUT2D eigenvalue weighted by molar-refractivity contribution is -0.117. The van der Waals surface area contributed by atoms with Crippen LogP contribution < -0.4 is 5.32 Å². The van der Waals surface area contributed by atoms with Crippen molar-refractivity contribution in [1.29, 1.82) is 0 Å². The quantitative estimate of drug-likeness (QED) is 0.873. The molecule has 5 nitrogen and oxygen atoms in total. The zero-order chi connectivity index (χ0) is 16.2. The van der Waals surface area contributed by atoms with Crippen LogP contribution in [0.5, 0.6) is 0 Å². The molecule has 23 heavy (non-hydrogen) atoms. The van der Waals surface area contributed by atoms with Crippen molar-refractivity contribution < 1.29 is 14.3 Å². The topological polar surface area (TPSA) is 68.3 Å². The van der Waals surface area contributed by atoms with Crippen LogP contribution in [0.1, 0.15) is 47.3 Å². The molecule has 0 saturated heterocycles. The molecule has 1 unspecified atom stereocenters. The van der Waals surface area contributed by atoms with Gasteiger partial charge < -0.3 is 10.1 Å². The molecule has 1 aromatic heterocycles. The summed E-state index contributed by atoms with van der Waals surface area (Å²) < 4.78 is 4.90. The van der Waals surface area contributed by atoms with Crippen molar-refractivity contribution in [2.24, 2.45) is 0 Å². The van der Waals surface area contributed by atoms with E-state index in [0.717, 1.165) is 24.8 Å². The second kappa shape index (κ2) is 6.91. The number of benzene rings is 1. The van der Waals surface area contributed by atoms with E-state index in [-0.39, 0.29) is 17.5 Å². The number of hydrogen-bond acceptors (Lipinski definition) is 5. The number of nitrogens with zero attached hydrogens (tertiary/aromatic N) is 1. The molecule has 1 aliphatic carbocycles. The molecule has 1 amide bonds. The van der Waals surface area contributed by atoms with Crippen LogP contribution >= 0.6 is 11.3 Å². The number of aryl methyl sites for hydroxylation is 1. The number of carbonyl (C=O) groups excluding carboxylic acids is 2. The predicted octanol–water partition coefficient (Wildman–Crippen LogP) is 3.38. The van der Waals surface area contributed by atoms with Gasteiger partial charge in [0.1, 0.15) is 0 Å². The van der Waals surface area contributed by atoms with Gasteiger partial charge in [0.15, 0.2) is 10.8 Å². The monoisotopic (exact) mass is 330 g/mol. The number of carbonyl (C=O) groups is 2. The minimum Gasteiger partial charge on any atom is -0.461 e. The minimum atomic E-state index is -0.465. The number of rotatable bonds is 4. The maximum Gasteiger partial charge on any atom is 0.357 e. The Kier molecular flexibility index (Phi) is 4.71. The third kappa shape index (κ3) is 3.42. The van der Waals surface area contributed by atoms with E-state index in [2.05, 4.69) is 16.4 Å². The average Bonchev–Trinajstić information content (AvgIpc) is 3.03. The van der Waals surface area contributed by atoms with E-state index < -0.39 is 5.97 Å². The van der Waals surface area contributed by atoms with Crippen LogP contribution in [0.2, 0.25) is 0 Å². The van der Waals surface area contributed by atoms with E-state index in [4.69, 9.17) is 4.74 Å². The van der Waals surface area contributed by atoms with Crippen LogP contribution in [0.25, 0.3) is 0 Å². The third-order valence-electron chi connectivity index (χ3n) is 3.90. The first-order valence-corrected chi connectivity index (χ1v) is 8.58. The number of esters is 1. The second-order valence-electron chi connectivity index (χ2n) is 5.39. The van der Waals surface area contributed by atoms with Gasteiger partial charge in [-0.2, -0.15) is 0 Å². The van der Waals surface area contributed by atoms with Crippen molar-refractivity contribution in [2.45, 2.75) is 32.1 Å². The van der Waals surface area contributed by atoms with E-state index in [1.165, 1.54) is 16.9 Å². The molecular weight excluding hydrogens is 312 g/mol. The van der Waals surface area contributed by atoms with Crippen molar-refractivity contribution in [3.63, 3.8) is 0 Å². The highest BCUT2D eigenvalue weighted by Crippen LogP contribution is 2.32. The SMILES string of the molecule is CCOC(=O)c1csc(NC(=O)C2CCCc3ccccc32)n1. The Bertz CT molecular complexity index is 726. The Morgan fingerprint density at radius 1 is 1.39 bits per heavy atom.